The van der Waals surface area contributed by atoms with Crippen molar-refractivity contribution in [2.45, 2.75) is 24.9 Å². The van der Waals surface area contributed by atoms with Crippen LogP contribution >= 0.6 is 23.2 Å². The van der Waals surface area contributed by atoms with E-state index in [1.54, 1.807) is 6.07 Å². The van der Waals surface area contributed by atoms with Gasteiger partial charge in [-0.2, -0.15) is 18.3 Å². The summed E-state index contributed by atoms with van der Waals surface area (Å²) in [5.41, 5.74) is -0.463. The van der Waals surface area contributed by atoms with Crippen molar-refractivity contribution < 1.29 is 43.4 Å². The summed E-state index contributed by atoms with van der Waals surface area (Å²) in [6.45, 7) is 2.78. The number of rotatable bonds is 5. The summed E-state index contributed by atoms with van der Waals surface area (Å²) in [7, 11) is -3.53. The molecule has 2 aromatic carbocycles. The van der Waals surface area contributed by atoms with Gasteiger partial charge in [0.2, 0.25) is 0 Å². The van der Waals surface area contributed by atoms with Gasteiger partial charge in [-0.1, -0.05) is 23.2 Å². The van der Waals surface area contributed by atoms with Crippen molar-refractivity contribution >= 4 is 63.2 Å². The van der Waals surface area contributed by atoms with Crippen LogP contribution in [0, 0.1) is 6.92 Å². The van der Waals surface area contributed by atoms with E-state index in [0.717, 1.165) is 17.1 Å². The Labute approximate surface area is 221 Å². The third kappa shape index (κ3) is 8.08. The number of nitrogens with zero attached hydrogens (tertiary/aromatic N) is 2. The molecule has 1 aromatic heterocycles. The molecule has 0 fully saturated rings. The van der Waals surface area contributed by atoms with Crippen molar-refractivity contribution in [2.24, 2.45) is 0 Å². The van der Waals surface area contributed by atoms with E-state index in [4.69, 9.17) is 28.5 Å². The van der Waals surface area contributed by atoms with Crippen LogP contribution in [-0.2, 0) is 28.4 Å². The molecule has 1 amide bonds. The van der Waals surface area contributed by atoms with Crippen LogP contribution in [0.4, 0.5) is 18.9 Å². The second-order valence-corrected chi connectivity index (χ2v) is 13.8. The smallest absolute Gasteiger partial charge is 0.236 e. The quantitative estimate of drug-likeness (QED) is 0.216. The molecule has 0 radical (unpaired) electrons. The van der Waals surface area contributed by atoms with Gasteiger partial charge in [-0.05, 0) is 19.1 Å². The predicted molar refractivity (Wildman–Crippen MR) is 129 cm³/mol. The van der Waals surface area contributed by atoms with E-state index in [-0.39, 0.29) is 36.6 Å². The maximum absolute atomic E-state index is 12.7. The number of hydrogen-bond acceptors (Lipinski definition) is 7. The molecule has 0 saturated carbocycles. The van der Waals surface area contributed by atoms with Gasteiger partial charge in [-0.15, -0.1) is 0 Å². The molecule has 202 valence electrons. The molecule has 1 atom stereocenters. The summed E-state index contributed by atoms with van der Waals surface area (Å²) in [6, 6.07) is 7.06. The third-order valence-electron chi connectivity index (χ3n) is 4.43. The average molecular weight is 648 g/mol. The van der Waals surface area contributed by atoms with Crippen molar-refractivity contribution in [3.05, 3.63) is 63.9 Å². The van der Waals surface area contributed by atoms with Crippen molar-refractivity contribution in [3.8, 4) is 5.69 Å². The SMILES string of the molecule is CC(=O)Nc1cccc([As](=O)(O)OO)c1.Cc1nn(-c2c(Cl)cc(C(F)(F)F)cc2Cl)cc1S(C)(=O)=O. The number of carbonyl (C=O) groups is 1. The molecule has 0 aliphatic rings. The number of anilines is 1. The molecule has 37 heavy (non-hydrogen) atoms. The number of nitrogens with one attached hydrogen (secondary N) is 1. The first kappa shape index (κ1) is 30.9. The van der Waals surface area contributed by atoms with E-state index in [9.17, 15) is 34.2 Å². The van der Waals surface area contributed by atoms with Crippen LogP contribution in [0.1, 0.15) is 18.2 Å². The van der Waals surface area contributed by atoms with Gasteiger partial charge in [-0.25, -0.2) is 13.1 Å². The first-order valence-corrected chi connectivity index (χ1v) is 15.7. The van der Waals surface area contributed by atoms with Crippen LogP contribution in [0.2, 0.25) is 10.0 Å². The van der Waals surface area contributed by atoms with Crippen molar-refractivity contribution in [2.75, 3.05) is 11.6 Å². The summed E-state index contributed by atoms with van der Waals surface area (Å²) in [5, 5.41) is 14.1. The number of aryl methyl sites for hydroxylation is 1. The Hall–Kier alpha value is -2.32. The Bertz CT molecular complexity index is 1460. The van der Waals surface area contributed by atoms with Gasteiger partial charge in [0.05, 0.1) is 21.3 Å². The summed E-state index contributed by atoms with van der Waals surface area (Å²) < 4.78 is 86.2. The molecule has 0 saturated heterocycles. The van der Waals surface area contributed by atoms with Crippen molar-refractivity contribution in [1.29, 1.82) is 0 Å². The molecule has 0 bridgehead atoms. The molecule has 17 heteroatoms. The number of alkyl halides is 3. The minimum absolute atomic E-state index is 0.0191. The minimum atomic E-state index is -4.83. The minimum Gasteiger partial charge on any atom is -0.236 e. The van der Waals surface area contributed by atoms with Crippen LogP contribution in [0.3, 0.4) is 0 Å². The Kier molecular flexibility index (Phi) is 9.69. The maximum atomic E-state index is 12.7. The summed E-state index contributed by atoms with van der Waals surface area (Å²) in [4.78, 5) is 10.7. The molecular weight excluding hydrogens is 629 g/mol. The van der Waals surface area contributed by atoms with Crippen LogP contribution < -0.4 is 9.67 Å². The zero-order valence-electron chi connectivity index (χ0n) is 19.1. The molecule has 0 aliphatic carbocycles. The number of benzene rings is 2. The Morgan fingerprint density at radius 3 is 2.19 bits per heavy atom. The summed E-state index contributed by atoms with van der Waals surface area (Å²) in [6.07, 6.45) is -2.44. The number of halogens is 5. The zero-order chi connectivity index (χ0) is 28.3. The Morgan fingerprint density at radius 1 is 1.19 bits per heavy atom. The van der Waals surface area contributed by atoms with Gasteiger partial charge < -0.3 is 0 Å². The van der Waals surface area contributed by atoms with Gasteiger partial charge in [0.25, 0.3) is 0 Å². The molecule has 0 aliphatic heterocycles. The number of amides is 1. The van der Waals surface area contributed by atoms with Gasteiger partial charge in [0, 0.05) is 12.5 Å². The van der Waals surface area contributed by atoms with Gasteiger partial charge in [0.15, 0.2) is 9.84 Å². The van der Waals surface area contributed by atoms with E-state index >= 15 is 0 Å². The van der Waals surface area contributed by atoms with Crippen LogP contribution in [0.5, 0.6) is 0 Å². The first-order chi connectivity index (χ1) is 16.9. The van der Waals surface area contributed by atoms with Gasteiger partial charge in [0.1, 0.15) is 10.6 Å². The summed E-state index contributed by atoms with van der Waals surface area (Å²) >= 11 is 6.89. The van der Waals surface area contributed by atoms with E-state index in [1.807, 2.05) is 0 Å². The third-order valence-corrected chi connectivity index (χ3v) is 8.62. The fraction of sp³-hybridized carbons (Fsp3) is 0.200. The number of aromatic nitrogens is 2. The van der Waals surface area contributed by atoms with E-state index < -0.39 is 35.7 Å². The zero-order valence-corrected chi connectivity index (χ0v) is 23.3. The number of carbonyl (C=O) groups excluding carboxylic acids is 1. The van der Waals surface area contributed by atoms with Gasteiger partial charge in [-0.3, -0.25) is 0 Å². The topological polar surface area (TPSA) is 148 Å². The standard InChI is InChI=1S/C12H9Cl2F3N2O2S.C8H10AsNO5/c1-6-10(22(2,20)21)5-19(18-6)11-8(13)3-7(4-9(11)14)12(15,16)17;1-6(11)10-8-4-2-3-7(5-8)9(12,13)15-14/h3-5H,1-2H3;2-5,14H,1H3,(H,10,11)(H,12,13). The van der Waals surface area contributed by atoms with E-state index in [0.29, 0.717) is 17.8 Å². The van der Waals surface area contributed by atoms with Gasteiger partial charge >= 0.3 is 94.6 Å². The van der Waals surface area contributed by atoms with Crippen molar-refractivity contribution in [3.63, 3.8) is 0 Å². The molecule has 10 nitrogen and oxygen atoms in total. The monoisotopic (exact) mass is 647 g/mol. The molecule has 1 unspecified atom stereocenters. The second kappa shape index (κ2) is 11.6. The molecular formula is C20H19AsCl2F3N3O7S. The van der Waals surface area contributed by atoms with E-state index in [1.165, 1.54) is 32.0 Å². The number of sulfone groups is 1. The molecule has 3 aromatic rings. The van der Waals surface area contributed by atoms with Crippen LogP contribution in [0.25, 0.3) is 5.69 Å². The Morgan fingerprint density at radius 2 is 1.76 bits per heavy atom. The largest absolute Gasteiger partial charge is 0.416 e. The van der Waals surface area contributed by atoms with Crippen molar-refractivity contribution in [1.82, 2.24) is 9.78 Å². The molecule has 1 heterocycles. The fourth-order valence-corrected chi connectivity index (χ4v) is 5.82. The predicted octanol–water partition coefficient (Wildman–Crippen LogP) is 3.61. The number of hydrogen-bond donors (Lipinski definition) is 3. The first-order valence-electron chi connectivity index (χ1n) is 9.74. The normalized spacial score (nSPS) is 13.4. The molecule has 0 spiro atoms. The maximum Gasteiger partial charge on any atom is 0.416 e. The van der Waals surface area contributed by atoms with Crippen LogP contribution in [0.15, 0.2) is 47.5 Å². The van der Waals surface area contributed by atoms with E-state index in [2.05, 4.69) is 14.3 Å². The van der Waals surface area contributed by atoms with Crippen LogP contribution in [-0.4, -0.2) is 53.9 Å². The molecule has 3 N–H and O–H groups in total. The average Bonchev–Trinajstić information content (AvgIpc) is 3.14. The molecule has 3 rings (SSSR count). The second-order valence-electron chi connectivity index (χ2n) is 7.42. The Balaban J connectivity index is 0.000000281. The fourth-order valence-electron chi connectivity index (χ4n) is 2.88. The summed E-state index contributed by atoms with van der Waals surface area (Å²) in [5.74, 6) is -0.294.